The Morgan fingerprint density at radius 1 is 1.32 bits per heavy atom. The summed E-state index contributed by atoms with van der Waals surface area (Å²) in [5, 5.41) is 0.600. The predicted octanol–water partition coefficient (Wildman–Crippen LogP) is 1.88. The lowest BCUT2D eigenvalue weighted by molar-refractivity contribution is -0.130. The lowest BCUT2D eigenvalue weighted by Gasteiger charge is -2.22. The van der Waals surface area contributed by atoms with Crippen LogP contribution >= 0.6 is 0 Å². The number of nitrogens with one attached hydrogen (secondary N) is 1. The first-order valence-electron chi connectivity index (χ1n) is 8.99. The molecule has 132 valence electrons. The maximum Gasteiger partial charge on any atom is 0.258 e. The van der Waals surface area contributed by atoms with E-state index in [1.54, 1.807) is 6.07 Å². The van der Waals surface area contributed by atoms with Crippen molar-refractivity contribution in [3.05, 3.63) is 40.4 Å². The number of aromatic amines is 1. The maximum atomic E-state index is 12.4. The number of nitrogens with zero attached hydrogens (tertiary/aromatic N) is 2. The molecule has 2 fully saturated rings. The highest BCUT2D eigenvalue weighted by atomic mass is 16.5. The molecule has 2 aromatic rings. The zero-order valence-electron chi connectivity index (χ0n) is 14.3. The fourth-order valence-corrected chi connectivity index (χ4v) is 3.94. The highest BCUT2D eigenvalue weighted by molar-refractivity contribution is 5.77. The van der Waals surface area contributed by atoms with Crippen LogP contribution in [0.15, 0.2) is 29.1 Å². The second kappa shape index (κ2) is 6.59. The molecule has 25 heavy (non-hydrogen) atoms. The molecule has 4 rings (SSSR count). The third kappa shape index (κ3) is 3.31. The van der Waals surface area contributed by atoms with Crippen LogP contribution in [0.1, 0.15) is 31.5 Å². The van der Waals surface area contributed by atoms with Crippen LogP contribution in [0.25, 0.3) is 10.9 Å². The summed E-state index contributed by atoms with van der Waals surface area (Å²) in [4.78, 5) is 33.8. The molecule has 0 aliphatic carbocycles. The van der Waals surface area contributed by atoms with E-state index in [9.17, 15) is 9.59 Å². The quantitative estimate of drug-likeness (QED) is 0.921. The number of para-hydroxylation sites is 1. The highest BCUT2D eigenvalue weighted by Gasteiger charge is 2.42. The van der Waals surface area contributed by atoms with Crippen molar-refractivity contribution >= 4 is 16.8 Å². The molecule has 6 nitrogen and oxygen atoms in total. The summed E-state index contributed by atoms with van der Waals surface area (Å²) in [6.45, 7) is 3.28. The van der Waals surface area contributed by atoms with Crippen molar-refractivity contribution in [2.45, 2.75) is 32.1 Å². The number of benzene rings is 1. The molecule has 2 aliphatic rings. The zero-order chi connectivity index (χ0) is 17.3. The molecule has 1 unspecified atom stereocenters. The Morgan fingerprint density at radius 3 is 3.04 bits per heavy atom. The van der Waals surface area contributed by atoms with Gasteiger partial charge in [-0.15, -0.1) is 0 Å². The molecule has 1 amide bonds. The molecular formula is C19H23N3O3. The summed E-state index contributed by atoms with van der Waals surface area (Å²) < 4.78 is 5.52. The van der Waals surface area contributed by atoms with Crippen LogP contribution in [0, 0.1) is 5.41 Å². The lowest BCUT2D eigenvalue weighted by Crippen LogP contribution is -2.32. The largest absolute Gasteiger partial charge is 0.381 e. The standard InChI is InChI=1S/C19H23N3O3/c23-17(22-10-8-19(12-22)9-11-25-13-19)7-3-6-16-20-15-5-2-1-4-14(15)18(24)21-16/h1-2,4-5H,3,6-13H2,(H,20,21,24). The van der Waals surface area contributed by atoms with Gasteiger partial charge in [-0.05, 0) is 31.4 Å². The summed E-state index contributed by atoms with van der Waals surface area (Å²) in [7, 11) is 0. The second-order valence-corrected chi connectivity index (χ2v) is 7.25. The van der Waals surface area contributed by atoms with Crippen molar-refractivity contribution in [3.8, 4) is 0 Å². The molecule has 3 heterocycles. The lowest BCUT2D eigenvalue weighted by atomic mass is 9.87. The number of fused-ring (bicyclic) bond motifs is 1. The Bertz CT molecular complexity index is 839. The van der Waals surface area contributed by atoms with Gasteiger partial charge in [0.25, 0.3) is 5.56 Å². The summed E-state index contributed by atoms with van der Waals surface area (Å²) in [6, 6.07) is 7.31. The first-order chi connectivity index (χ1) is 12.2. The van der Waals surface area contributed by atoms with E-state index in [1.165, 1.54) is 0 Å². The molecule has 2 saturated heterocycles. The topological polar surface area (TPSA) is 75.3 Å². The summed E-state index contributed by atoms with van der Waals surface area (Å²) in [5.41, 5.74) is 0.797. The number of ether oxygens (including phenoxy) is 1. The van der Waals surface area contributed by atoms with E-state index in [0.717, 1.165) is 39.1 Å². The molecule has 1 aromatic carbocycles. The van der Waals surface area contributed by atoms with Gasteiger partial charge in [-0.2, -0.15) is 0 Å². The van der Waals surface area contributed by atoms with Gasteiger partial charge in [0.05, 0.1) is 17.5 Å². The van der Waals surface area contributed by atoms with Crippen molar-refractivity contribution in [3.63, 3.8) is 0 Å². The zero-order valence-corrected chi connectivity index (χ0v) is 14.3. The van der Waals surface area contributed by atoms with Gasteiger partial charge in [0.2, 0.25) is 5.91 Å². The van der Waals surface area contributed by atoms with E-state index in [1.807, 2.05) is 23.1 Å². The van der Waals surface area contributed by atoms with E-state index < -0.39 is 0 Å². The van der Waals surface area contributed by atoms with Crippen LogP contribution in [0.2, 0.25) is 0 Å². The molecule has 2 aliphatic heterocycles. The van der Waals surface area contributed by atoms with Gasteiger partial charge in [0, 0.05) is 38.0 Å². The highest BCUT2D eigenvalue weighted by Crippen LogP contribution is 2.38. The molecular weight excluding hydrogens is 318 g/mol. The van der Waals surface area contributed by atoms with Crippen molar-refractivity contribution < 1.29 is 9.53 Å². The fraction of sp³-hybridized carbons (Fsp3) is 0.526. The monoisotopic (exact) mass is 341 g/mol. The van der Waals surface area contributed by atoms with E-state index in [-0.39, 0.29) is 16.9 Å². The van der Waals surface area contributed by atoms with E-state index in [0.29, 0.717) is 36.0 Å². The molecule has 0 radical (unpaired) electrons. The van der Waals surface area contributed by atoms with Gasteiger partial charge in [-0.3, -0.25) is 9.59 Å². The normalized spacial score (nSPS) is 23.0. The number of carbonyl (C=O) groups is 1. The Labute approximate surface area is 146 Å². The van der Waals surface area contributed by atoms with Gasteiger partial charge >= 0.3 is 0 Å². The van der Waals surface area contributed by atoms with Crippen LogP contribution in [-0.4, -0.2) is 47.1 Å². The molecule has 0 bridgehead atoms. The van der Waals surface area contributed by atoms with Crippen LogP contribution in [-0.2, 0) is 16.0 Å². The minimum Gasteiger partial charge on any atom is -0.381 e. The molecule has 1 aromatic heterocycles. The van der Waals surface area contributed by atoms with E-state index >= 15 is 0 Å². The number of aromatic nitrogens is 2. The number of likely N-dealkylation sites (tertiary alicyclic amines) is 1. The number of aryl methyl sites for hydroxylation is 1. The number of H-pyrrole nitrogens is 1. The molecule has 6 heteroatoms. The molecule has 1 atom stereocenters. The molecule has 1 spiro atoms. The number of hydrogen-bond donors (Lipinski definition) is 1. The van der Waals surface area contributed by atoms with Crippen molar-refractivity contribution in [2.75, 3.05) is 26.3 Å². The summed E-state index contributed by atoms with van der Waals surface area (Å²) in [6.07, 6.45) is 3.92. The van der Waals surface area contributed by atoms with Crippen molar-refractivity contribution in [2.24, 2.45) is 5.41 Å². The Balaban J connectivity index is 1.33. The van der Waals surface area contributed by atoms with Gasteiger partial charge in [0.1, 0.15) is 5.82 Å². The average Bonchev–Trinajstić information content (AvgIpc) is 3.25. The third-order valence-electron chi connectivity index (χ3n) is 5.44. The molecule has 1 N–H and O–H groups in total. The Morgan fingerprint density at radius 2 is 2.20 bits per heavy atom. The predicted molar refractivity (Wildman–Crippen MR) is 94.4 cm³/mol. The van der Waals surface area contributed by atoms with Gasteiger partial charge < -0.3 is 14.6 Å². The summed E-state index contributed by atoms with van der Waals surface area (Å²) >= 11 is 0. The SMILES string of the molecule is O=C(CCCc1nc2ccccc2c(=O)[nH]1)N1CCC2(CCOC2)C1. The van der Waals surface area contributed by atoms with Crippen LogP contribution in [0.5, 0.6) is 0 Å². The van der Waals surface area contributed by atoms with Crippen LogP contribution in [0.3, 0.4) is 0 Å². The molecule has 0 saturated carbocycles. The number of hydrogen-bond acceptors (Lipinski definition) is 4. The smallest absolute Gasteiger partial charge is 0.258 e. The Kier molecular flexibility index (Phi) is 4.29. The van der Waals surface area contributed by atoms with Crippen LogP contribution < -0.4 is 5.56 Å². The number of amides is 1. The van der Waals surface area contributed by atoms with Crippen molar-refractivity contribution in [1.29, 1.82) is 0 Å². The van der Waals surface area contributed by atoms with Crippen molar-refractivity contribution in [1.82, 2.24) is 14.9 Å². The van der Waals surface area contributed by atoms with Crippen LogP contribution in [0.4, 0.5) is 0 Å². The number of carbonyl (C=O) groups excluding carboxylic acids is 1. The maximum absolute atomic E-state index is 12.4. The third-order valence-corrected chi connectivity index (χ3v) is 5.44. The van der Waals surface area contributed by atoms with E-state index in [4.69, 9.17) is 4.74 Å². The van der Waals surface area contributed by atoms with Gasteiger partial charge in [-0.25, -0.2) is 4.98 Å². The Hall–Kier alpha value is -2.21. The second-order valence-electron chi connectivity index (χ2n) is 7.25. The van der Waals surface area contributed by atoms with Gasteiger partial charge in [-0.1, -0.05) is 12.1 Å². The first kappa shape index (κ1) is 16.3. The van der Waals surface area contributed by atoms with Gasteiger partial charge in [0.15, 0.2) is 0 Å². The first-order valence-corrected chi connectivity index (χ1v) is 8.99. The average molecular weight is 341 g/mol. The minimum absolute atomic E-state index is 0.116. The fourth-order valence-electron chi connectivity index (χ4n) is 3.94. The minimum atomic E-state index is -0.116. The number of rotatable bonds is 4. The summed E-state index contributed by atoms with van der Waals surface area (Å²) in [5.74, 6) is 0.852. The van der Waals surface area contributed by atoms with E-state index in [2.05, 4.69) is 9.97 Å².